The lowest BCUT2D eigenvalue weighted by atomic mass is 10.1. The number of anilines is 1. The van der Waals surface area contributed by atoms with Crippen LogP contribution in [0.15, 0.2) is 54.0 Å². The Hall–Kier alpha value is -2.91. The van der Waals surface area contributed by atoms with E-state index in [-0.39, 0.29) is 0 Å². The fourth-order valence-electron chi connectivity index (χ4n) is 4.71. The van der Waals surface area contributed by atoms with Gasteiger partial charge in [0, 0.05) is 72.4 Å². The van der Waals surface area contributed by atoms with E-state index in [4.69, 9.17) is 21.3 Å². The molecule has 2 aromatic heterocycles. The van der Waals surface area contributed by atoms with Crippen molar-refractivity contribution >= 4 is 45.6 Å². The van der Waals surface area contributed by atoms with E-state index in [1.54, 1.807) is 17.4 Å². The number of rotatable bonds is 7. The van der Waals surface area contributed by atoms with Gasteiger partial charge in [0.25, 0.3) is 0 Å². The van der Waals surface area contributed by atoms with Gasteiger partial charge in [-0.15, -0.1) is 11.3 Å². The second kappa shape index (κ2) is 11.2. The Morgan fingerprint density at radius 3 is 2.73 bits per heavy atom. The van der Waals surface area contributed by atoms with Gasteiger partial charge in [-0.05, 0) is 45.2 Å². The summed E-state index contributed by atoms with van der Waals surface area (Å²) in [6, 6.07) is 13.7. The number of amides is 1. The van der Waals surface area contributed by atoms with E-state index in [0.29, 0.717) is 10.7 Å². The van der Waals surface area contributed by atoms with Crippen LogP contribution in [-0.4, -0.2) is 58.7 Å². The van der Waals surface area contributed by atoms with Gasteiger partial charge in [0.2, 0.25) is 0 Å². The molecule has 2 aromatic carbocycles. The smallest absolute Gasteiger partial charge is 0.412 e. The highest BCUT2D eigenvalue weighted by atomic mass is 35.5. The zero-order valence-corrected chi connectivity index (χ0v) is 23.0. The van der Waals surface area contributed by atoms with Crippen molar-refractivity contribution < 1.29 is 9.53 Å². The summed E-state index contributed by atoms with van der Waals surface area (Å²) in [6.07, 6.45) is 0.964. The number of fused-ring (bicyclic) bond motifs is 1. The van der Waals surface area contributed by atoms with E-state index in [9.17, 15) is 4.79 Å². The molecule has 37 heavy (non-hydrogen) atoms. The normalized spacial score (nSPS) is 15.7. The van der Waals surface area contributed by atoms with E-state index < -0.39 is 12.2 Å². The van der Waals surface area contributed by atoms with Crippen molar-refractivity contribution in [2.45, 2.75) is 33.0 Å². The van der Waals surface area contributed by atoms with Crippen LogP contribution >= 0.6 is 22.9 Å². The molecule has 0 bridgehead atoms. The van der Waals surface area contributed by atoms with Crippen molar-refractivity contribution in [3.63, 3.8) is 0 Å². The number of carbonyl (C=O) groups is 1. The van der Waals surface area contributed by atoms with Crippen molar-refractivity contribution in [2.75, 3.05) is 38.5 Å². The number of carbonyl (C=O) groups excluding carboxylic acids is 1. The number of aromatic nitrogens is 2. The van der Waals surface area contributed by atoms with Gasteiger partial charge in [-0.3, -0.25) is 10.2 Å². The van der Waals surface area contributed by atoms with Crippen LogP contribution in [0.25, 0.3) is 21.5 Å². The SMILES string of the molecule is CCn1cc(NC(=O)O[C@H](C)c2ccccc2Cl)c2cc(-c3nc(CN4CCN(C)CC4)cs3)ccc21. The number of likely N-dealkylation sites (N-methyl/N-ethyl adjacent to an activating group) is 1. The summed E-state index contributed by atoms with van der Waals surface area (Å²) in [6.45, 7) is 9.89. The fraction of sp³-hybridized carbons (Fsp3) is 0.357. The van der Waals surface area contributed by atoms with E-state index in [1.807, 2.05) is 31.3 Å². The van der Waals surface area contributed by atoms with Gasteiger partial charge >= 0.3 is 6.09 Å². The third-order valence-electron chi connectivity index (χ3n) is 6.87. The minimum absolute atomic E-state index is 0.474. The maximum Gasteiger partial charge on any atom is 0.412 e. The molecule has 0 spiro atoms. The highest BCUT2D eigenvalue weighted by molar-refractivity contribution is 7.13. The molecule has 0 radical (unpaired) electrons. The second-order valence-corrected chi connectivity index (χ2v) is 10.7. The number of hydrogen-bond donors (Lipinski definition) is 1. The number of ether oxygens (including phenoxy) is 1. The maximum atomic E-state index is 12.8. The molecule has 0 unspecified atom stereocenters. The van der Waals surface area contributed by atoms with Crippen molar-refractivity contribution in [3.05, 3.63) is 70.3 Å². The highest BCUT2D eigenvalue weighted by Crippen LogP contribution is 2.33. The molecule has 4 aromatic rings. The van der Waals surface area contributed by atoms with Crippen LogP contribution in [0, 0.1) is 0 Å². The summed E-state index contributed by atoms with van der Waals surface area (Å²) < 4.78 is 7.77. The predicted octanol–water partition coefficient (Wildman–Crippen LogP) is 6.50. The molecule has 1 fully saturated rings. The predicted molar refractivity (Wildman–Crippen MR) is 151 cm³/mol. The molecule has 1 aliphatic rings. The van der Waals surface area contributed by atoms with E-state index in [1.165, 1.54) is 0 Å². The number of benzene rings is 2. The average Bonchev–Trinajstić information content (AvgIpc) is 3.50. The van der Waals surface area contributed by atoms with Gasteiger partial charge in [0.05, 0.1) is 16.9 Å². The summed E-state index contributed by atoms with van der Waals surface area (Å²) in [7, 11) is 2.17. The Morgan fingerprint density at radius 2 is 1.97 bits per heavy atom. The Kier molecular flexibility index (Phi) is 7.81. The van der Waals surface area contributed by atoms with Crippen LogP contribution in [0.2, 0.25) is 5.02 Å². The lowest BCUT2D eigenvalue weighted by Gasteiger charge is -2.31. The minimum atomic E-state index is -0.517. The van der Waals surface area contributed by atoms with Crippen LogP contribution in [-0.2, 0) is 17.8 Å². The monoisotopic (exact) mass is 537 g/mol. The Balaban J connectivity index is 1.34. The first-order chi connectivity index (χ1) is 17.9. The molecule has 1 atom stereocenters. The van der Waals surface area contributed by atoms with Crippen molar-refractivity contribution in [1.82, 2.24) is 19.4 Å². The minimum Gasteiger partial charge on any atom is -0.441 e. The quantitative estimate of drug-likeness (QED) is 0.292. The van der Waals surface area contributed by atoms with E-state index in [2.05, 4.69) is 57.2 Å². The first-order valence-corrected chi connectivity index (χ1v) is 13.9. The van der Waals surface area contributed by atoms with Gasteiger partial charge in [0.15, 0.2) is 0 Å². The van der Waals surface area contributed by atoms with Gasteiger partial charge in [0.1, 0.15) is 11.1 Å². The summed E-state index contributed by atoms with van der Waals surface area (Å²) in [5.74, 6) is 0. The zero-order chi connectivity index (χ0) is 25.9. The van der Waals surface area contributed by atoms with Crippen molar-refractivity contribution in [1.29, 1.82) is 0 Å². The number of thiazole rings is 1. The molecular formula is C28H32ClN5O2S. The van der Waals surface area contributed by atoms with Crippen LogP contribution in [0.4, 0.5) is 10.5 Å². The molecule has 7 nitrogen and oxygen atoms in total. The van der Waals surface area contributed by atoms with Gasteiger partial charge in [-0.25, -0.2) is 9.78 Å². The molecule has 9 heteroatoms. The average molecular weight is 538 g/mol. The Morgan fingerprint density at radius 1 is 1.19 bits per heavy atom. The van der Waals surface area contributed by atoms with Gasteiger partial charge < -0.3 is 14.2 Å². The van der Waals surface area contributed by atoms with E-state index >= 15 is 0 Å². The maximum absolute atomic E-state index is 12.8. The van der Waals surface area contributed by atoms with Crippen LogP contribution in [0.3, 0.4) is 0 Å². The van der Waals surface area contributed by atoms with Crippen LogP contribution < -0.4 is 5.32 Å². The lowest BCUT2D eigenvalue weighted by molar-refractivity contribution is 0.121. The summed E-state index contributed by atoms with van der Waals surface area (Å²) in [5, 5.41) is 7.62. The van der Waals surface area contributed by atoms with Gasteiger partial charge in [-0.1, -0.05) is 29.8 Å². The second-order valence-electron chi connectivity index (χ2n) is 9.48. The molecule has 1 N–H and O–H groups in total. The highest BCUT2D eigenvalue weighted by Gasteiger charge is 2.19. The first-order valence-electron chi connectivity index (χ1n) is 12.6. The van der Waals surface area contributed by atoms with Crippen LogP contribution in [0.1, 0.15) is 31.2 Å². The number of halogens is 1. The van der Waals surface area contributed by atoms with E-state index in [0.717, 1.165) is 72.0 Å². The molecule has 0 saturated carbocycles. The number of nitrogens with one attached hydrogen (secondary N) is 1. The molecule has 1 saturated heterocycles. The lowest BCUT2D eigenvalue weighted by Crippen LogP contribution is -2.43. The molecule has 0 aliphatic carbocycles. The van der Waals surface area contributed by atoms with Crippen molar-refractivity contribution in [2.24, 2.45) is 0 Å². The Bertz CT molecular complexity index is 1390. The number of piperazine rings is 1. The number of nitrogens with zero attached hydrogens (tertiary/aromatic N) is 4. The molecule has 1 amide bonds. The summed E-state index contributed by atoms with van der Waals surface area (Å²) in [5.41, 5.74) is 4.68. The Labute approximate surface area is 226 Å². The molecule has 5 rings (SSSR count). The molecule has 194 valence electrons. The fourth-order valence-corrected chi connectivity index (χ4v) is 5.80. The standard InChI is InChI=1S/C28H32ClN5O2S/c1-4-34-17-25(31-28(35)36-19(2)22-7-5-6-8-24(22)29)23-15-20(9-10-26(23)34)27-30-21(18-37-27)16-33-13-11-32(3)12-14-33/h5-10,15,17-19H,4,11-14,16H2,1-3H3,(H,31,35)/t19-/m1/s1. The topological polar surface area (TPSA) is 62.6 Å². The zero-order valence-electron chi connectivity index (χ0n) is 21.4. The largest absolute Gasteiger partial charge is 0.441 e. The first kappa shape index (κ1) is 25.7. The molecule has 3 heterocycles. The third-order valence-corrected chi connectivity index (χ3v) is 8.15. The molecule has 1 aliphatic heterocycles. The summed E-state index contributed by atoms with van der Waals surface area (Å²) >= 11 is 7.94. The molecular weight excluding hydrogens is 506 g/mol. The van der Waals surface area contributed by atoms with Gasteiger partial charge in [-0.2, -0.15) is 0 Å². The number of hydrogen-bond acceptors (Lipinski definition) is 6. The number of aryl methyl sites for hydroxylation is 1. The third kappa shape index (κ3) is 5.83. The summed E-state index contributed by atoms with van der Waals surface area (Å²) in [4.78, 5) is 22.6. The van der Waals surface area contributed by atoms with Crippen LogP contribution in [0.5, 0.6) is 0 Å². The van der Waals surface area contributed by atoms with Crippen molar-refractivity contribution in [3.8, 4) is 10.6 Å².